The van der Waals surface area contributed by atoms with Crippen LogP contribution < -0.4 is 0 Å². The Kier molecular flexibility index (Phi) is 3.78. The van der Waals surface area contributed by atoms with Crippen LogP contribution in [0.4, 0.5) is 0 Å². The summed E-state index contributed by atoms with van der Waals surface area (Å²) in [6, 6.07) is 0. The predicted molar refractivity (Wildman–Crippen MR) is 43.4 cm³/mol. The Morgan fingerprint density at radius 3 is 2.11 bits per heavy atom. The zero-order valence-corrected chi connectivity index (χ0v) is 6.44. The fraction of sp³-hybridized carbons (Fsp3) is 0.333. The maximum atomic E-state index is 3.75. The molecule has 0 aromatic rings. The molecule has 0 amide bonds. The van der Waals surface area contributed by atoms with E-state index in [2.05, 4.69) is 25.7 Å². The summed E-state index contributed by atoms with van der Waals surface area (Å²) in [6.07, 6.45) is 6.14. The number of allylic oxidation sites excluding steroid dienone is 5. The van der Waals surface area contributed by atoms with E-state index in [0.29, 0.717) is 0 Å². The Morgan fingerprint density at radius 1 is 1.22 bits per heavy atom. The van der Waals surface area contributed by atoms with Gasteiger partial charge >= 0.3 is 0 Å². The van der Waals surface area contributed by atoms with Crippen molar-refractivity contribution in [2.75, 3.05) is 0 Å². The molecule has 0 radical (unpaired) electrons. The van der Waals surface area contributed by atoms with Gasteiger partial charge in [-0.1, -0.05) is 36.0 Å². The first-order chi connectivity index (χ1) is 4.16. The van der Waals surface area contributed by atoms with Crippen molar-refractivity contribution in [2.45, 2.75) is 20.8 Å². The second kappa shape index (κ2) is 4.13. The van der Waals surface area contributed by atoms with Crippen LogP contribution in [0.5, 0.6) is 0 Å². The molecule has 0 rings (SSSR count). The normalized spacial score (nSPS) is 12.6. The molecular formula is C9H14. The lowest BCUT2D eigenvalue weighted by Gasteiger charge is -1.86. The summed E-state index contributed by atoms with van der Waals surface area (Å²) in [5.74, 6) is 0. The zero-order valence-electron chi connectivity index (χ0n) is 6.44. The van der Waals surface area contributed by atoms with E-state index in [1.807, 2.05) is 19.9 Å². The van der Waals surface area contributed by atoms with Crippen molar-refractivity contribution in [2.24, 2.45) is 0 Å². The quantitative estimate of drug-likeness (QED) is 0.494. The number of rotatable bonds is 2. The van der Waals surface area contributed by atoms with Crippen molar-refractivity contribution >= 4 is 0 Å². The van der Waals surface area contributed by atoms with Gasteiger partial charge in [0.25, 0.3) is 0 Å². The lowest BCUT2D eigenvalue weighted by molar-refractivity contribution is 1.45. The van der Waals surface area contributed by atoms with E-state index in [0.717, 1.165) is 5.57 Å². The Labute approximate surface area is 57.6 Å². The summed E-state index contributed by atoms with van der Waals surface area (Å²) in [6.45, 7) is 9.83. The van der Waals surface area contributed by atoms with Crippen molar-refractivity contribution in [1.82, 2.24) is 0 Å². The molecule has 0 aromatic heterocycles. The highest BCUT2D eigenvalue weighted by molar-refractivity contribution is 5.22. The smallest absolute Gasteiger partial charge is 0.0401 e. The molecule has 0 fully saturated rings. The van der Waals surface area contributed by atoms with E-state index in [-0.39, 0.29) is 0 Å². The first-order valence-electron chi connectivity index (χ1n) is 3.13. The van der Waals surface area contributed by atoms with Gasteiger partial charge in [-0.3, -0.25) is 0 Å². The van der Waals surface area contributed by atoms with Gasteiger partial charge in [-0.2, -0.15) is 0 Å². The zero-order chi connectivity index (χ0) is 7.28. The highest BCUT2D eigenvalue weighted by atomic mass is 13.8. The molecule has 0 unspecified atom stereocenters. The Morgan fingerprint density at radius 2 is 1.78 bits per heavy atom. The van der Waals surface area contributed by atoms with E-state index < -0.39 is 0 Å². The summed E-state index contributed by atoms with van der Waals surface area (Å²) in [5.41, 5.74) is 2.37. The Bertz CT molecular complexity index is 147. The molecule has 0 saturated heterocycles. The van der Waals surface area contributed by atoms with Gasteiger partial charge in [0.2, 0.25) is 0 Å². The minimum atomic E-state index is 1.09. The highest BCUT2D eigenvalue weighted by Crippen LogP contribution is 1.97. The third kappa shape index (κ3) is 5.09. The molecule has 0 saturated carbocycles. The van der Waals surface area contributed by atoms with Crippen LogP contribution in [-0.2, 0) is 0 Å². The second-order valence-electron chi connectivity index (χ2n) is 2.21. The van der Waals surface area contributed by atoms with Crippen LogP contribution >= 0.6 is 0 Å². The molecule has 0 heterocycles. The minimum absolute atomic E-state index is 1.09. The molecule has 0 spiro atoms. The first-order valence-corrected chi connectivity index (χ1v) is 3.13. The lowest BCUT2D eigenvalue weighted by atomic mass is 10.2. The molecule has 0 aromatic carbocycles. The van der Waals surface area contributed by atoms with E-state index in [1.54, 1.807) is 0 Å². The van der Waals surface area contributed by atoms with Gasteiger partial charge in [-0.05, 0) is 20.8 Å². The SMILES string of the molecule is C=C(C)/C=C\C(C)=C\C. The maximum absolute atomic E-state index is 3.75. The predicted octanol–water partition coefficient (Wildman–Crippen LogP) is 3.08. The fourth-order valence-corrected chi connectivity index (χ4v) is 0.370. The van der Waals surface area contributed by atoms with Crippen molar-refractivity contribution in [3.05, 3.63) is 36.0 Å². The molecule has 0 N–H and O–H groups in total. The summed E-state index contributed by atoms with van der Waals surface area (Å²) in [5, 5.41) is 0. The van der Waals surface area contributed by atoms with E-state index in [4.69, 9.17) is 0 Å². The second-order valence-corrected chi connectivity index (χ2v) is 2.21. The molecule has 0 aliphatic carbocycles. The van der Waals surface area contributed by atoms with Gasteiger partial charge < -0.3 is 0 Å². The van der Waals surface area contributed by atoms with Gasteiger partial charge in [0.15, 0.2) is 0 Å². The molecule has 0 heteroatoms. The lowest BCUT2D eigenvalue weighted by Crippen LogP contribution is -1.65. The summed E-state index contributed by atoms with van der Waals surface area (Å²) < 4.78 is 0. The molecular weight excluding hydrogens is 108 g/mol. The Balaban J connectivity index is 3.86. The Hall–Kier alpha value is -0.780. The number of hydrogen-bond acceptors (Lipinski definition) is 0. The molecule has 0 atom stereocenters. The minimum Gasteiger partial charge on any atom is -0.0961 e. The summed E-state index contributed by atoms with van der Waals surface area (Å²) >= 11 is 0. The van der Waals surface area contributed by atoms with Gasteiger partial charge in [0.1, 0.15) is 0 Å². The topological polar surface area (TPSA) is 0 Å². The van der Waals surface area contributed by atoms with Crippen LogP contribution in [0.25, 0.3) is 0 Å². The largest absolute Gasteiger partial charge is 0.0961 e. The van der Waals surface area contributed by atoms with Crippen molar-refractivity contribution in [1.29, 1.82) is 0 Å². The third-order valence-electron chi connectivity index (χ3n) is 1.09. The first kappa shape index (κ1) is 8.22. The van der Waals surface area contributed by atoms with Crippen LogP contribution in [0.2, 0.25) is 0 Å². The molecule has 0 nitrogen and oxygen atoms in total. The van der Waals surface area contributed by atoms with Crippen molar-refractivity contribution < 1.29 is 0 Å². The monoisotopic (exact) mass is 122 g/mol. The third-order valence-corrected chi connectivity index (χ3v) is 1.09. The van der Waals surface area contributed by atoms with Crippen LogP contribution in [0.1, 0.15) is 20.8 Å². The van der Waals surface area contributed by atoms with Crippen LogP contribution in [-0.4, -0.2) is 0 Å². The fourth-order valence-electron chi connectivity index (χ4n) is 0.370. The molecule has 0 aliphatic heterocycles. The highest BCUT2D eigenvalue weighted by Gasteiger charge is 1.75. The van der Waals surface area contributed by atoms with E-state index >= 15 is 0 Å². The average Bonchev–Trinajstić information content (AvgIpc) is 1.83. The molecule has 0 aliphatic rings. The standard InChI is InChI=1S/C9H14/c1-5-9(4)7-6-8(2)3/h5-7H,2H2,1,3-4H3/b7-6-,9-5+. The maximum Gasteiger partial charge on any atom is -0.0401 e. The average molecular weight is 122 g/mol. The van der Waals surface area contributed by atoms with E-state index in [1.165, 1.54) is 5.57 Å². The molecule has 50 valence electrons. The van der Waals surface area contributed by atoms with Crippen LogP contribution in [0.15, 0.2) is 36.0 Å². The van der Waals surface area contributed by atoms with Gasteiger partial charge in [-0.25, -0.2) is 0 Å². The number of hydrogen-bond donors (Lipinski definition) is 0. The van der Waals surface area contributed by atoms with Gasteiger partial charge in [0.05, 0.1) is 0 Å². The molecule has 9 heavy (non-hydrogen) atoms. The molecule has 0 bridgehead atoms. The summed E-state index contributed by atoms with van der Waals surface area (Å²) in [4.78, 5) is 0. The summed E-state index contributed by atoms with van der Waals surface area (Å²) in [7, 11) is 0. The van der Waals surface area contributed by atoms with Gasteiger partial charge in [0, 0.05) is 0 Å². The van der Waals surface area contributed by atoms with Crippen LogP contribution in [0, 0.1) is 0 Å². The van der Waals surface area contributed by atoms with E-state index in [9.17, 15) is 0 Å². The van der Waals surface area contributed by atoms with Crippen molar-refractivity contribution in [3.63, 3.8) is 0 Å². The van der Waals surface area contributed by atoms with Gasteiger partial charge in [-0.15, -0.1) is 0 Å². The van der Waals surface area contributed by atoms with Crippen molar-refractivity contribution in [3.8, 4) is 0 Å². The van der Waals surface area contributed by atoms with Crippen LogP contribution in [0.3, 0.4) is 0 Å².